The van der Waals surface area contributed by atoms with E-state index in [0.717, 1.165) is 37.9 Å². The lowest BCUT2D eigenvalue weighted by molar-refractivity contribution is 0.418. The van der Waals surface area contributed by atoms with Gasteiger partial charge in [-0.25, -0.2) is 4.39 Å². The average molecular weight is 269 g/mol. The molecule has 1 rings (SSSR count). The predicted octanol–water partition coefficient (Wildman–Crippen LogP) is 3.43. The molecule has 1 atom stereocenters. The van der Waals surface area contributed by atoms with E-state index >= 15 is 0 Å². The Bertz CT molecular complexity index is 374. The summed E-state index contributed by atoms with van der Waals surface area (Å²) in [5.41, 5.74) is 3.64. The van der Waals surface area contributed by atoms with Crippen molar-refractivity contribution in [3.05, 3.63) is 17.0 Å². The van der Waals surface area contributed by atoms with Crippen LogP contribution in [0.2, 0.25) is 0 Å². The molecule has 1 aromatic rings. The van der Waals surface area contributed by atoms with Crippen molar-refractivity contribution in [1.82, 2.24) is 15.1 Å². The summed E-state index contributed by atoms with van der Waals surface area (Å²) in [7, 11) is 0. The molecule has 0 aromatic carbocycles. The van der Waals surface area contributed by atoms with E-state index in [4.69, 9.17) is 0 Å². The third-order valence-electron chi connectivity index (χ3n) is 3.54. The van der Waals surface area contributed by atoms with Gasteiger partial charge in [-0.1, -0.05) is 27.7 Å². The van der Waals surface area contributed by atoms with Crippen LogP contribution in [0.25, 0.3) is 0 Å². The zero-order valence-electron chi connectivity index (χ0n) is 12.8. The van der Waals surface area contributed by atoms with Crippen molar-refractivity contribution in [2.45, 2.75) is 66.0 Å². The van der Waals surface area contributed by atoms with Crippen LogP contribution in [-0.4, -0.2) is 23.0 Å². The second kappa shape index (κ2) is 8.31. The Kier molecular flexibility index (Phi) is 7.06. The lowest BCUT2D eigenvalue weighted by Crippen LogP contribution is -2.23. The third kappa shape index (κ3) is 3.78. The smallest absolute Gasteiger partial charge is 0.109 e. The molecule has 0 radical (unpaired) electrons. The number of nitrogens with one attached hydrogen (secondary N) is 1. The highest BCUT2D eigenvalue weighted by molar-refractivity contribution is 5.30. The first-order valence-corrected chi connectivity index (χ1v) is 7.61. The topological polar surface area (TPSA) is 29.9 Å². The Morgan fingerprint density at radius 3 is 2.42 bits per heavy atom. The summed E-state index contributed by atoms with van der Waals surface area (Å²) in [6.07, 6.45) is 3.98. The second-order valence-corrected chi connectivity index (χ2v) is 4.84. The van der Waals surface area contributed by atoms with Gasteiger partial charge in [0.05, 0.1) is 12.2 Å². The number of aromatic nitrogens is 2. The molecule has 0 aliphatic carbocycles. The van der Waals surface area contributed by atoms with Gasteiger partial charge in [0.2, 0.25) is 0 Å². The lowest BCUT2D eigenvalue weighted by Gasteiger charge is -2.19. The summed E-state index contributed by atoms with van der Waals surface area (Å²) < 4.78 is 14.5. The molecule has 1 unspecified atom stereocenters. The molecule has 0 spiro atoms. The summed E-state index contributed by atoms with van der Waals surface area (Å²) in [5.74, 6) is 0. The van der Waals surface area contributed by atoms with E-state index in [1.54, 1.807) is 0 Å². The van der Waals surface area contributed by atoms with E-state index in [2.05, 4.69) is 38.1 Å². The van der Waals surface area contributed by atoms with Crippen LogP contribution in [-0.2, 0) is 19.4 Å². The van der Waals surface area contributed by atoms with Gasteiger partial charge in [-0.15, -0.1) is 0 Å². The molecule has 4 heteroatoms. The summed E-state index contributed by atoms with van der Waals surface area (Å²) in [5, 5.41) is 8.20. The maximum atomic E-state index is 12.6. The molecule has 1 heterocycles. The van der Waals surface area contributed by atoms with Gasteiger partial charge in [0.25, 0.3) is 0 Å². The van der Waals surface area contributed by atoms with E-state index in [1.807, 2.05) is 4.68 Å². The SMILES string of the molecule is CCCNC(CC)c1c(CC)nn(CCF)c1CC. The summed E-state index contributed by atoms with van der Waals surface area (Å²) in [6.45, 7) is 9.65. The fourth-order valence-electron chi connectivity index (χ4n) is 2.64. The van der Waals surface area contributed by atoms with Crippen molar-refractivity contribution in [3.8, 4) is 0 Å². The van der Waals surface area contributed by atoms with E-state index in [-0.39, 0.29) is 6.67 Å². The van der Waals surface area contributed by atoms with E-state index in [0.29, 0.717) is 12.6 Å². The van der Waals surface area contributed by atoms with Crippen LogP contribution in [0.1, 0.15) is 63.5 Å². The normalized spacial score (nSPS) is 12.9. The van der Waals surface area contributed by atoms with Crippen molar-refractivity contribution in [1.29, 1.82) is 0 Å². The van der Waals surface area contributed by atoms with Gasteiger partial charge < -0.3 is 5.32 Å². The molecule has 19 heavy (non-hydrogen) atoms. The molecule has 1 N–H and O–H groups in total. The monoisotopic (exact) mass is 269 g/mol. The number of hydrogen-bond donors (Lipinski definition) is 1. The molecule has 0 bridgehead atoms. The summed E-state index contributed by atoms with van der Waals surface area (Å²) in [6, 6.07) is 0.346. The van der Waals surface area contributed by atoms with Crippen LogP contribution < -0.4 is 5.32 Å². The first-order valence-electron chi connectivity index (χ1n) is 7.61. The molecule has 0 saturated carbocycles. The lowest BCUT2D eigenvalue weighted by atomic mass is 9.99. The zero-order chi connectivity index (χ0) is 14.3. The fraction of sp³-hybridized carbons (Fsp3) is 0.800. The van der Waals surface area contributed by atoms with Crippen LogP contribution >= 0.6 is 0 Å². The Morgan fingerprint density at radius 1 is 1.21 bits per heavy atom. The fourth-order valence-corrected chi connectivity index (χ4v) is 2.64. The molecule has 0 amide bonds. The number of aryl methyl sites for hydroxylation is 2. The van der Waals surface area contributed by atoms with Crippen LogP contribution in [0.3, 0.4) is 0 Å². The Labute approximate surface area is 116 Å². The highest BCUT2D eigenvalue weighted by Gasteiger charge is 2.21. The highest BCUT2D eigenvalue weighted by Crippen LogP contribution is 2.26. The second-order valence-electron chi connectivity index (χ2n) is 4.84. The van der Waals surface area contributed by atoms with Crippen LogP contribution in [0.5, 0.6) is 0 Å². The van der Waals surface area contributed by atoms with Gasteiger partial charge >= 0.3 is 0 Å². The van der Waals surface area contributed by atoms with E-state index in [1.165, 1.54) is 11.3 Å². The van der Waals surface area contributed by atoms with Gasteiger partial charge in [-0.2, -0.15) is 5.10 Å². The van der Waals surface area contributed by atoms with Crippen LogP contribution in [0.4, 0.5) is 4.39 Å². The molecule has 0 aliphatic heterocycles. The van der Waals surface area contributed by atoms with E-state index in [9.17, 15) is 4.39 Å². The maximum absolute atomic E-state index is 12.6. The van der Waals surface area contributed by atoms with Gasteiger partial charge in [0.15, 0.2) is 0 Å². The quantitative estimate of drug-likeness (QED) is 0.744. The molecule has 3 nitrogen and oxygen atoms in total. The standard InChI is InChI=1S/C15H28FN3/c1-5-10-17-12(6-2)15-13(7-3)18-19(11-9-16)14(15)8-4/h12,17H,5-11H2,1-4H3. The molecule has 0 saturated heterocycles. The van der Waals surface area contributed by atoms with Crippen LogP contribution in [0, 0.1) is 0 Å². The zero-order valence-corrected chi connectivity index (χ0v) is 12.8. The molecule has 110 valence electrons. The predicted molar refractivity (Wildman–Crippen MR) is 78.3 cm³/mol. The van der Waals surface area contributed by atoms with Crippen molar-refractivity contribution >= 4 is 0 Å². The number of rotatable bonds is 9. The number of nitrogens with zero attached hydrogens (tertiary/aromatic N) is 2. The maximum Gasteiger partial charge on any atom is 0.109 e. The van der Waals surface area contributed by atoms with Crippen molar-refractivity contribution in [3.63, 3.8) is 0 Å². The molecular formula is C15H28FN3. The van der Waals surface area contributed by atoms with Crippen LogP contribution in [0.15, 0.2) is 0 Å². The van der Waals surface area contributed by atoms with Gasteiger partial charge in [-0.05, 0) is 32.2 Å². The largest absolute Gasteiger partial charge is 0.310 e. The summed E-state index contributed by atoms with van der Waals surface area (Å²) >= 11 is 0. The van der Waals surface area contributed by atoms with Crippen molar-refractivity contribution in [2.24, 2.45) is 0 Å². The Hall–Kier alpha value is -0.900. The van der Waals surface area contributed by atoms with Crippen molar-refractivity contribution in [2.75, 3.05) is 13.2 Å². The molecule has 0 aliphatic rings. The minimum absolute atomic E-state index is 0.346. The molecule has 0 fully saturated rings. The molecule has 1 aromatic heterocycles. The number of alkyl halides is 1. The highest BCUT2D eigenvalue weighted by atomic mass is 19.1. The van der Waals surface area contributed by atoms with Crippen molar-refractivity contribution < 1.29 is 4.39 Å². The van der Waals surface area contributed by atoms with Gasteiger partial charge in [-0.3, -0.25) is 4.68 Å². The first-order chi connectivity index (χ1) is 9.23. The minimum atomic E-state index is -0.351. The van der Waals surface area contributed by atoms with Gasteiger partial charge in [0.1, 0.15) is 6.67 Å². The van der Waals surface area contributed by atoms with E-state index < -0.39 is 0 Å². The number of halogens is 1. The third-order valence-corrected chi connectivity index (χ3v) is 3.54. The van der Waals surface area contributed by atoms with Gasteiger partial charge in [0, 0.05) is 17.3 Å². The minimum Gasteiger partial charge on any atom is -0.310 e. The summed E-state index contributed by atoms with van der Waals surface area (Å²) in [4.78, 5) is 0. The Balaban J connectivity index is 3.13. The first kappa shape index (κ1) is 16.2. The molecular weight excluding hydrogens is 241 g/mol. The number of hydrogen-bond acceptors (Lipinski definition) is 2. The average Bonchev–Trinajstić information content (AvgIpc) is 2.78. The Morgan fingerprint density at radius 2 is 1.95 bits per heavy atom.